The van der Waals surface area contributed by atoms with Gasteiger partial charge in [0, 0.05) is 17.1 Å². The zero-order valence-corrected chi connectivity index (χ0v) is 23.4. The molecule has 0 atom stereocenters. The van der Waals surface area contributed by atoms with Gasteiger partial charge >= 0.3 is 10.1 Å². The predicted molar refractivity (Wildman–Crippen MR) is 147 cm³/mol. The average Bonchev–Trinajstić information content (AvgIpc) is 3.12. The second-order valence-corrected chi connectivity index (χ2v) is 11.4. The van der Waals surface area contributed by atoms with Gasteiger partial charge in [-0.15, -0.1) is 0 Å². The van der Waals surface area contributed by atoms with Gasteiger partial charge in [-0.1, -0.05) is 40.2 Å². The largest absolute Gasteiger partial charge is 0.493 e. The summed E-state index contributed by atoms with van der Waals surface area (Å²) in [5.74, 6) is -0.688. The zero-order valence-electron chi connectivity index (χ0n) is 20.1. The number of anilines is 1. The predicted octanol–water partition coefficient (Wildman–Crippen LogP) is 5.42. The van der Waals surface area contributed by atoms with Crippen LogP contribution in [0.15, 0.2) is 81.0 Å². The summed E-state index contributed by atoms with van der Waals surface area (Å²) in [6, 6.07) is 17.3. The molecule has 1 aliphatic heterocycles. The number of nitrogens with one attached hydrogen (secondary N) is 1. The number of hydrogen-bond donors (Lipinski definition) is 1. The zero-order chi connectivity index (χ0) is 27.4. The van der Waals surface area contributed by atoms with Crippen molar-refractivity contribution in [1.82, 2.24) is 4.90 Å². The van der Waals surface area contributed by atoms with Crippen molar-refractivity contribution in [2.24, 2.45) is 0 Å². The number of ether oxygens (including phenoxy) is 1. The number of benzene rings is 3. The smallest absolute Gasteiger partial charge is 0.339 e. The lowest BCUT2D eigenvalue weighted by Gasteiger charge is -2.13. The van der Waals surface area contributed by atoms with Crippen molar-refractivity contribution in [3.63, 3.8) is 0 Å². The first-order chi connectivity index (χ1) is 18.1. The quantitative estimate of drug-likeness (QED) is 0.263. The van der Waals surface area contributed by atoms with Gasteiger partial charge < -0.3 is 14.2 Å². The van der Waals surface area contributed by atoms with Crippen molar-refractivity contribution in [2.45, 2.75) is 18.4 Å². The molecule has 9 nitrogen and oxygen atoms in total. The topological polar surface area (TPSA) is 119 Å². The maximum absolute atomic E-state index is 13.0. The van der Waals surface area contributed by atoms with E-state index in [4.69, 9.17) is 8.92 Å². The molecule has 12 heteroatoms. The number of thioether (sulfide) groups is 1. The fraction of sp³-hybridized carbons (Fsp3) is 0.115. The van der Waals surface area contributed by atoms with E-state index in [1.807, 2.05) is 24.3 Å². The van der Waals surface area contributed by atoms with E-state index < -0.39 is 21.3 Å². The first kappa shape index (κ1) is 27.4. The van der Waals surface area contributed by atoms with Gasteiger partial charge in [0.2, 0.25) is 5.91 Å². The molecule has 4 rings (SSSR count). The van der Waals surface area contributed by atoms with Crippen molar-refractivity contribution in [3.05, 3.63) is 87.2 Å². The van der Waals surface area contributed by atoms with Gasteiger partial charge in [0.15, 0.2) is 11.5 Å². The molecule has 0 aromatic heterocycles. The highest BCUT2D eigenvalue weighted by atomic mass is 79.9. The molecular formula is C26H21BrN2O7S2. The average molecular weight is 617 g/mol. The normalized spacial score (nSPS) is 14.6. The second-order valence-electron chi connectivity index (χ2n) is 8.01. The molecule has 0 unspecified atom stereocenters. The molecule has 0 bridgehead atoms. The molecule has 0 aliphatic carbocycles. The fourth-order valence-corrected chi connectivity index (χ4v) is 5.69. The summed E-state index contributed by atoms with van der Waals surface area (Å²) in [5, 5.41) is 2.15. The van der Waals surface area contributed by atoms with E-state index in [-0.39, 0.29) is 33.8 Å². The standard InChI is InChI=1S/C26H21BrN2O7S2/c1-16(30)28-19-8-10-20(11-9-19)38(33,34)36-23-13-17(7-12-22(23)35-2)14-24-25(31)29(26(32)37-24)15-18-5-3-4-6-21(18)27/h3-14H,15H2,1-2H3,(H,28,30)/b24-14-. The fourth-order valence-electron chi connectivity index (χ4n) is 3.51. The molecule has 3 aromatic carbocycles. The summed E-state index contributed by atoms with van der Waals surface area (Å²) < 4.78 is 37.2. The Morgan fingerprint density at radius 2 is 1.76 bits per heavy atom. The van der Waals surface area contributed by atoms with E-state index in [1.165, 1.54) is 56.5 Å². The number of carbonyl (C=O) groups excluding carboxylic acids is 3. The number of carbonyl (C=O) groups is 3. The molecule has 1 heterocycles. The SMILES string of the molecule is COc1ccc(/C=C2\SC(=O)N(Cc3ccccc3Br)C2=O)cc1OS(=O)(=O)c1ccc(NC(C)=O)cc1. The lowest BCUT2D eigenvalue weighted by Crippen LogP contribution is -2.27. The lowest BCUT2D eigenvalue weighted by atomic mass is 10.1. The summed E-state index contributed by atoms with van der Waals surface area (Å²) in [6.45, 7) is 1.45. The van der Waals surface area contributed by atoms with Crippen LogP contribution in [0, 0.1) is 0 Å². The summed E-state index contributed by atoms with van der Waals surface area (Å²) in [6.07, 6.45) is 1.49. The number of methoxy groups -OCH3 is 1. The first-order valence-corrected chi connectivity index (χ1v) is 14.1. The van der Waals surface area contributed by atoms with Gasteiger partial charge in [0.1, 0.15) is 4.90 Å². The van der Waals surface area contributed by atoms with Gasteiger partial charge in [-0.25, -0.2) is 0 Å². The Morgan fingerprint density at radius 1 is 1.05 bits per heavy atom. The summed E-state index contributed by atoms with van der Waals surface area (Å²) in [4.78, 5) is 37.9. The third kappa shape index (κ3) is 6.26. The highest BCUT2D eigenvalue weighted by molar-refractivity contribution is 9.10. The van der Waals surface area contributed by atoms with E-state index in [0.717, 1.165) is 26.7 Å². The third-order valence-corrected chi connectivity index (χ3v) is 8.24. The van der Waals surface area contributed by atoms with Gasteiger partial charge in [0.05, 0.1) is 18.6 Å². The molecule has 1 N–H and O–H groups in total. The second kappa shape index (κ2) is 11.4. The van der Waals surface area contributed by atoms with Crippen LogP contribution in [0.1, 0.15) is 18.1 Å². The van der Waals surface area contributed by atoms with Crippen LogP contribution in [0.3, 0.4) is 0 Å². The molecule has 3 amide bonds. The number of nitrogens with zero attached hydrogens (tertiary/aromatic N) is 1. The molecule has 0 radical (unpaired) electrons. The number of imide groups is 1. The van der Waals surface area contributed by atoms with Crippen molar-refractivity contribution >= 4 is 66.6 Å². The van der Waals surface area contributed by atoms with Crippen molar-refractivity contribution in [3.8, 4) is 11.5 Å². The Hall–Kier alpha value is -3.61. The molecule has 0 saturated carbocycles. The van der Waals surface area contributed by atoms with E-state index in [2.05, 4.69) is 21.2 Å². The van der Waals surface area contributed by atoms with Crippen LogP contribution >= 0.6 is 27.7 Å². The molecule has 38 heavy (non-hydrogen) atoms. The van der Waals surface area contributed by atoms with E-state index in [0.29, 0.717) is 11.3 Å². The number of amides is 3. The van der Waals surface area contributed by atoms with Crippen LogP contribution in [0.25, 0.3) is 6.08 Å². The van der Waals surface area contributed by atoms with Gasteiger partial charge in [-0.3, -0.25) is 19.3 Å². The van der Waals surface area contributed by atoms with Crippen molar-refractivity contribution in [2.75, 3.05) is 12.4 Å². The van der Waals surface area contributed by atoms with Crippen LogP contribution in [-0.2, 0) is 26.3 Å². The van der Waals surface area contributed by atoms with E-state index in [9.17, 15) is 22.8 Å². The molecule has 0 spiro atoms. The Kier molecular flexibility index (Phi) is 8.24. The summed E-state index contributed by atoms with van der Waals surface area (Å²) in [7, 11) is -2.89. The number of halogens is 1. The van der Waals surface area contributed by atoms with Gasteiger partial charge in [0.25, 0.3) is 11.1 Å². The summed E-state index contributed by atoms with van der Waals surface area (Å²) in [5.41, 5.74) is 1.65. The van der Waals surface area contributed by atoms with E-state index >= 15 is 0 Å². The summed E-state index contributed by atoms with van der Waals surface area (Å²) >= 11 is 4.22. The number of rotatable bonds is 8. The van der Waals surface area contributed by atoms with E-state index in [1.54, 1.807) is 6.07 Å². The molecule has 1 fully saturated rings. The Labute approximate surface area is 232 Å². The van der Waals surface area contributed by atoms with Crippen LogP contribution in [0.5, 0.6) is 11.5 Å². The highest BCUT2D eigenvalue weighted by Crippen LogP contribution is 2.36. The van der Waals surface area contributed by atoms with Crippen LogP contribution in [-0.4, -0.2) is 37.5 Å². The number of hydrogen-bond acceptors (Lipinski definition) is 8. The molecular weight excluding hydrogens is 596 g/mol. The minimum atomic E-state index is -4.25. The van der Waals surface area contributed by atoms with Crippen molar-refractivity contribution in [1.29, 1.82) is 0 Å². The highest BCUT2D eigenvalue weighted by Gasteiger charge is 2.35. The molecule has 1 aliphatic rings. The van der Waals surface area contributed by atoms with Crippen LogP contribution in [0.2, 0.25) is 0 Å². The minimum Gasteiger partial charge on any atom is -0.493 e. The Morgan fingerprint density at radius 3 is 2.42 bits per heavy atom. The maximum atomic E-state index is 13.0. The molecule has 3 aromatic rings. The van der Waals surface area contributed by atoms with Gasteiger partial charge in [-0.05, 0) is 71.4 Å². The maximum Gasteiger partial charge on any atom is 0.339 e. The van der Waals surface area contributed by atoms with Gasteiger partial charge in [-0.2, -0.15) is 8.42 Å². The van der Waals surface area contributed by atoms with Crippen LogP contribution < -0.4 is 14.2 Å². The first-order valence-electron chi connectivity index (χ1n) is 11.1. The Balaban J connectivity index is 1.57. The van der Waals surface area contributed by atoms with Crippen LogP contribution in [0.4, 0.5) is 10.5 Å². The van der Waals surface area contributed by atoms with Crippen molar-refractivity contribution < 1.29 is 31.7 Å². The Bertz CT molecular complexity index is 1550. The minimum absolute atomic E-state index is 0.0976. The third-order valence-electron chi connectivity index (χ3n) is 5.31. The lowest BCUT2D eigenvalue weighted by molar-refractivity contribution is -0.123. The monoisotopic (exact) mass is 616 g/mol. The molecule has 1 saturated heterocycles. The molecule has 196 valence electrons.